The van der Waals surface area contributed by atoms with Crippen LogP contribution in [0.3, 0.4) is 0 Å². The number of nitrogens with two attached hydrogens (primary N) is 1. The Bertz CT molecular complexity index is 604. The van der Waals surface area contributed by atoms with Crippen LogP contribution in [-0.2, 0) is 16.6 Å². The molecule has 1 aromatic heterocycles. The summed E-state index contributed by atoms with van der Waals surface area (Å²) < 4.78 is 38.4. The normalized spacial score (nSPS) is 12.3. The summed E-state index contributed by atoms with van der Waals surface area (Å²) in [7, 11) is -1.61. The molecule has 0 aliphatic rings. The Balaban J connectivity index is 2.27. The SMILES string of the molecule is Nc1cccnc1S(=O)Cc1cccc(F)c1F. The van der Waals surface area contributed by atoms with Crippen molar-refractivity contribution in [1.82, 2.24) is 4.98 Å². The zero-order chi connectivity index (χ0) is 13.1. The van der Waals surface area contributed by atoms with Gasteiger partial charge in [0.1, 0.15) is 5.03 Å². The van der Waals surface area contributed by atoms with E-state index in [0.717, 1.165) is 6.07 Å². The summed E-state index contributed by atoms with van der Waals surface area (Å²) in [6.07, 6.45) is 1.45. The molecule has 1 heterocycles. The Kier molecular flexibility index (Phi) is 3.66. The zero-order valence-corrected chi connectivity index (χ0v) is 10.1. The third-order valence-corrected chi connectivity index (χ3v) is 3.68. The lowest BCUT2D eigenvalue weighted by Crippen LogP contribution is -2.05. The van der Waals surface area contributed by atoms with Crippen molar-refractivity contribution < 1.29 is 13.0 Å². The number of rotatable bonds is 3. The summed E-state index contributed by atoms with van der Waals surface area (Å²) in [5.41, 5.74) is 5.93. The molecule has 0 bridgehead atoms. The molecule has 0 saturated heterocycles. The Labute approximate surface area is 105 Å². The molecule has 0 fully saturated rings. The molecule has 2 aromatic rings. The lowest BCUT2D eigenvalue weighted by atomic mass is 10.2. The van der Waals surface area contributed by atoms with Gasteiger partial charge in [-0.15, -0.1) is 0 Å². The maximum Gasteiger partial charge on any atom is 0.162 e. The maximum atomic E-state index is 13.4. The Morgan fingerprint density at radius 2 is 2.00 bits per heavy atom. The van der Waals surface area contributed by atoms with Crippen LogP contribution in [0.2, 0.25) is 0 Å². The van der Waals surface area contributed by atoms with Crippen LogP contribution in [0.25, 0.3) is 0 Å². The van der Waals surface area contributed by atoms with Crippen molar-refractivity contribution in [2.45, 2.75) is 10.8 Å². The van der Waals surface area contributed by atoms with Gasteiger partial charge in [0.05, 0.1) is 22.2 Å². The predicted molar refractivity (Wildman–Crippen MR) is 65.1 cm³/mol. The van der Waals surface area contributed by atoms with Crippen LogP contribution in [0.4, 0.5) is 14.5 Å². The van der Waals surface area contributed by atoms with Crippen molar-refractivity contribution >= 4 is 16.5 Å². The average Bonchev–Trinajstić information content (AvgIpc) is 2.35. The first-order valence-corrected chi connectivity index (χ1v) is 6.43. The van der Waals surface area contributed by atoms with Crippen molar-refractivity contribution in [2.75, 3.05) is 5.73 Å². The molecular weight excluding hydrogens is 258 g/mol. The number of nitrogens with zero attached hydrogens (tertiary/aromatic N) is 1. The molecule has 1 unspecified atom stereocenters. The summed E-state index contributed by atoms with van der Waals surface area (Å²) in [6.45, 7) is 0. The Hall–Kier alpha value is -1.82. The number of pyridine rings is 1. The highest BCUT2D eigenvalue weighted by atomic mass is 32.2. The molecule has 0 aliphatic heterocycles. The second-order valence-corrected chi connectivity index (χ2v) is 4.97. The van der Waals surface area contributed by atoms with Gasteiger partial charge in [-0.3, -0.25) is 4.21 Å². The van der Waals surface area contributed by atoms with E-state index in [1.165, 1.54) is 18.3 Å². The van der Waals surface area contributed by atoms with Gasteiger partial charge in [0.15, 0.2) is 11.6 Å². The molecule has 0 amide bonds. The first kappa shape index (κ1) is 12.6. The number of hydrogen-bond acceptors (Lipinski definition) is 3. The highest BCUT2D eigenvalue weighted by molar-refractivity contribution is 7.84. The van der Waals surface area contributed by atoms with Gasteiger partial charge in [0, 0.05) is 11.8 Å². The molecule has 2 rings (SSSR count). The third kappa shape index (κ3) is 2.53. The first-order chi connectivity index (χ1) is 8.59. The first-order valence-electron chi connectivity index (χ1n) is 5.11. The van der Waals surface area contributed by atoms with Crippen LogP contribution < -0.4 is 5.73 Å². The van der Waals surface area contributed by atoms with Crippen molar-refractivity contribution in [2.24, 2.45) is 0 Å². The smallest absolute Gasteiger partial charge is 0.162 e. The molecule has 0 spiro atoms. The number of benzene rings is 1. The summed E-state index contributed by atoms with van der Waals surface area (Å²) in [4.78, 5) is 3.89. The number of aromatic nitrogens is 1. The molecule has 0 radical (unpaired) electrons. The van der Waals surface area contributed by atoms with Gasteiger partial charge in [-0.05, 0) is 18.2 Å². The van der Waals surface area contributed by atoms with Crippen LogP contribution in [0.5, 0.6) is 0 Å². The summed E-state index contributed by atoms with van der Waals surface area (Å²) in [5, 5.41) is 0.182. The fourth-order valence-corrected chi connectivity index (χ4v) is 2.61. The second-order valence-electron chi connectivity index (χ2n) is 3.60. The Morgan fingerprint density at radius 3 is 2.72 bits per heavy atom. The fraction of sp³-hybridized carbons (Fsp3) is 0.0833. The minimum Gasteiger partial charge on any atom is -0.396 e. The maximum absolute atomic E-state index is 13.4. The van der Waals surface area contributed by atoms with E-state index in [4.69, 9.17) is 5.73 Å². The summed E-state index contributed by atoms with van der Waals surface area (Å²) >= 11 is 0. The van der Waals surface area contributed by atoms with Gasteiger partial charge in [0.2, 0.25) is 0 Å². The van der Waals surface area contributed by atoms with E-state index < -0.39 is 22.4 Å². The fourth-order valence-electron chi connectivity index (χ4n) is 1.46. The van der Waals surface area contributed by atoms with Gasteiger partial charge in [-0.1, -0.05) is 12.1 Å². The zero-order valence-electron chi connectivity index (χ0n) is 9.27. The van der Waals surface area contributed by atoms with E-state index in [-0.39, 0.29) is 22.0 Å². The van der Waals surface area contributed by atoms with E-state index in [0.29, 0.717) is 0 Å². The monoisotopic (exact) mass is 268 g/mol. The lowest BCUT2D eigenvalue weighted by Gasteiger charge is -2.05. The minimum atomic E-state index is -1.61. The quantitative estimate of drug-likeness (QED) is 0.928. The third-order valence-electron chi connectivity index (χ3n) is 2.33. The number of nitrogen functional groups attached to an aromatic ring is 1. The average molecular weight is 268 g/mol. The van der Waals surface area contributed by atoms with Crippen LogP contribution in [0.1, 0.15) is 5.56 Å². The van der Waals surface area contributed by atoms with Crippen molar-refractivity contribution in [3.05, 3.63) is 53.7 Å². The Morgan fingerprint density at radius 1 is 1.22 bits per heavy atom. The molecule has 1 atom stereocenters. The molecule has 1 aromatic carbocycles. The van der Waals surface area contributed by atoms with E-state index >= 15 is 0 Å². The highest BCUT2D eigenvalue weighted by Crippen LogP contribution is 2.19. The van der Waals surface area contributed by atoms with Crippen molar-refractivity contribution in [3.8, 4) is 0 Å². The minimum absolute atomic E-state index is 0.0402. The van der Waals surface area contributed by atoms with Gasteiger partial charge in [0.25, 0.3) is 0 Å². The number of anilines is 1. The summed E-state index contributed by atoms with van der Waals surface area (Å²) in [6, 6.07) is 6.93. The van der Waals surface area contributed by atoms with Gasteiger partial charge in [-0.2, -0.15) is 0 Å². The highest BCUT2D eigenvalue weighted by Gasteiger charge is 2.14. The van der Waals surface area contributed by atoms with Crippen LogP contribution in [0.15, 0.2) is 41.6 Å². The lowest BCUT2D eigenvalue weighted by molar-refractivity contribution is 0.502. The second kappa shape index (κ2) is 5.22. The van der Waals surface area contributed by atoms with Gasteiger partial charge < -0.3 is 5.73 Å². The van der Waals surface area contributed by atoms with E-state index in [1.807, 2.05) is 0 Å². The van der Waals surface area contributed by atoms with E-state index in [1.54, 1.807) is 12.1 Å². The molecule has 18 heavy (non-hydrogen) atoms. The number of halogens is 2. The molecular formula is C12H10F2N2OS. The van der Waals surface area contributed by atoms with Gasteiger partial charge in [-0.25, -0.2) is 13.8 Å². The van der Waals surface area contributed by atoms with Crippen molar-refractivity contribution in [1.29, 1.82) is 0 Å². The van der Waals surface area contributed by atoms with Crippen LogP contribution in [0, 0.1) is 11.6 Å². The molecule has 0 aliphatic carbocycles. The molecule has 0 saturated carbocycles. The van der Waals surface area contributed by atoms with Crippen LogP contribution >= 0.6 is 0 Å². The van der Waals surface area contributed by atoms with Crippen molar-refractivity contribution in [3.63, 3.8) is 0 Å². The molecule has 94 valence electrons. The molecule has 6 heteroatoms. The van der Waals surface area contributed by atoms with E-state index in [9.17, 15) is 13.0 Å². The largest absolute Gasteiger partial charge is 0.396 e. The summed E-state index contributed by atoms with van der Waals surface area (Å²) in [5.74, 6) is -2.11. The number of hydrogen-bond donors (Lipinski definition) is 1. The van der Waals surface area contributed by atoms with E-state index in [2.05, 4.69) is 4.98 Å². The van der Waals surface area contributed by atoms with Gasteiger partial charge >= 0.3 is 0 Å². The van der Waals surface area contributed by atoms with Crippen LogP contribution in [-0.4, -0.2) is 9.19 Å². The standard InChI is InChI=1S/C12H10F2N2OS/c13-9-4-1-3-8(11(9)14)7-18(17)12-10(15)5-2-6-16-12/h1-6H,7,15H2. The molecule has 3 nitrogen and oxygen atoms in total. The molecule has 2 N–H and O–H groups in total. The predicted octanol–water partition coefficient (Wildman–Crippen LogP) is 2.25. The topological polar surface area (TPSA) is 56.0 Å².